The summed E-state index contributed by atoms with van der Waals surface area (Å²) in [6.07, 6.45) is 7.92. The first-order valence-corrected chi connectivity index (χ1v) is 5.92. The number of anilines is 1. The molecule has 4 nitrogen and oxygen atoms in total. The second-order valence-electron chi connectivity index (χ2n) is 4.55. The maximum absolute atomic E-state index is 4.33. The van der Waals surface area contributed by atoms with Crippen LogP contribution in [0.1, 0.15) is 25.3 Å². The van der Waals surface area contributed by atoms with Gasteiger partial charge in [0.05, 0.1) is 0 Å². The molecule has 2 atom stereocenters. The zero-order chi connectivity index (χ0) is 10.1. The molecule has 0 saturated carbocycles. The van der Waals surface area contributed by atoms with Crippen molar-refractivity contribution in [3.8, 4) is 0 Å². The number of hydrogen-bond donors (Lipinski definition) is 2. The number of nitrogens with zero attached hydrogens (tertiary/aromatic N) is 2. The van der Waals surface area contributed by atoms with Gasteiger partial charge in [-0.05, 0) is 38.3 Å². The molecule has 1 aromatic heterocycles. The molecule has 15 heavy (non-hydrogen) atoms. The van der Waals surface area contributed by atoms with Crippen LogP contribution < -0.4 is 10.6 Å². The van der Waals surface area contributed by atoms with E-state index >= 15 is 0 Å². The first-order chi connectivity index (χ1) is 7.45. The summed E-state index contributed by atoms with van der Waals surface area (Å²) in [5, 5.41) is 6.84. The van der Waals surface area contributed by atoms with Crippen LogP contribution in [0, 0.1) is 5.92 Å². The number of fused-ring (bicyclic) bond motifs is 1. The standard InChI is InChI=1S/C11H18N4/c1-2-9(8-12-4-1)10-3-5-13-11-14-6-7-15(10)11/h6-7,9-10,12H,1-5,8H2,(H,13,14). The van der Waals surface area contributed by atoms with Gasteiger partial charge in [0.2, 0.25) is 5.95 Å². The van der Waals surface area contributed by atoms with Crippen LogP contribution in [-0.4, -0.2) is 29.2 Å². The zero-order valence-corrected chi connectivity index (χ0v) is 8.95. The Bertz CT molecular complexity index is 327. The Morgan fingerprint density at radius 1 is 1.33 bits per heavy atom. The SMILES string of the molecule is c1cn2c(n1)NCCC2C1CCCNC1. The minimum Gasteiger partial charge on any atom is -0.356 e. The lowest BCUT2D eigenvalue weighted by molar-refractivity contribution is 0.250. The van der Waals surface area contributed by atoms with Gasteiger partial charge in [0.15, 0.2) is 0 Å². The van der Waals surface area contributed by atoms with Gasteiger partial charge in [0, 0.05) is 25.0 Å². The maximum atomic E-state index is 4.33. The summed E-state index contributed by atoms with van der Waals surface area (Å²) in [6, 6.07) is 0.650. The highest BCUT2D eigenvalue weighted by molar-refractivity contribution is 5.29. The predicted octanol–water partition coefficient (Wildman–Crippen LogP) is 1.24. The average Bonchev–Trinajstić information content (AvgIpc) is 2.78. The van der Waals surface area contributed by atoms with E-state index in [1.54, 1.807) is 0 Å². The Hall–Kier alpha value is -1.03. The van der Waals surface area contributed by atoms with Crippen molar-refractivity contribution in [1.82, 2.24) is 14.9 Å². The van der Waals surface area contributed by atoms with E-state index in [9.17, 15) is 0 Å². The number of nitrogens with one attached hydrogen (secondary N) is 2. The second kappa shape index (κ2) is 3.85. The first kappa shape index (κ1) is 9.21. The molecule has 2 aliphatic rings. The second-order valence-corrected chi connectivity index (χ2v) is 4.55. The Morgan fingerprint density at radius 3 is 3.20 bits per heavy atom. The van der Waals surface area contributed by atoms with Crippen LogP contribution in [0.3, 0.4) is 0 Å². The first-order valence-electron chi connectivity index (χ1n) is 5.92. The van der Waals surface area contributed by atoms with Crippen molar-refractivity contribution in [2.75, 3.05) is 25.0 Å². The largest absolute Gasteiger partial charge is 0.356 e. The van der Waals surface area contributed by atoms with Crippen LogP contribution in [0.25, 0.3) is 0 Å². The van der Waals surface area contributed by atoms with Crippen molar-refractivity contribution in [3.05, 3.63) is 12.4 Å². The Morgan fingerprint density at radius 2 is 2.33 bits per heavy atom. The lowest BCUT2D eigenvalue weighted by Crippen LogP contribution is -2.37. The average molecular weight is 206 g/mol. The molecule has 3 rings (SSSR count). The molecule has 0 radical (unpaired) electrons. The molecule has 0 aliphatic carbocycles. The van der Waals surface area contributed by atoms with Crippen molar-refractivity contribution < 1.29 is 0 Å². The molecule has 2 aliphatic heterocycles. The molecule has 1 fully saturated rings. The lowest BCUT2D eigenvalue weighted by atomic mass is 9.89. The summed E-state index contributed by atoms with van der Waals surface area (Å²) in [5.74, 6) is 1.84. The smallest absolute Gasteiger partial charge is 0.203 e. The molecule has 82 valence electrons. The summed E-state index contributed by atoms with van der Waals surface area (Å²) in [6.45, 7) is 3.43. The van der Waals surface area contributed by atoms with Crippen LogP contribution in [0.2, 0.25) is 0 Å². The number of hydrogen-bond acceptors (Lipinski definition) is 3. The minimum atomic E-state index is 0.650. The number of rotatable bonds is 1. The third-order valence-corrected chi connectivity index (χ3v) is 3.63. The van der Waals surface area contributed by atoms with E-state index in [-0.39, 0.29) is 0 Å². The summed E-state index contributed by atoms with van der Waals surface area (Å²) in [7, 11) is 0. The molecular weight excluding hydrogens is 188 g/mol. The van der Waals surface area contributed by atoms with Gasteiger partial charge in [-0.3, -0.25) is 0 Å². The quantitative estimate of drug-likeness (QED) is 0.726. The third kappa shape index (κ3) is 1.63. The molecule has 2 N–H and O–H groups in total. The molecule has 0 spiro atoms. The van der Waals surface area contributed by atoms with Crippen molar-refractivity contribution in [2.45, 2.75) is 25.3 Å². The van der Waals surface area contributed by atoms with Gasteiger partial charge in [-0.1, -0.05) is 0 Å². The molecule has 3 heterocycles. The summed E-state index contributed by atoms with van der Waals surface area (Å²) >= 11 is 0. The van der Waals surface area contributed by atoms with E-state index in [1.807, 2.05) is 6.20 Å². The van der Waals surface area contributed by atoms with Crippen LogP contribution in [0.15, 0.2) is 12.4 Å². The van der Waals surface area contributed by atoms with Gasteiger partial charge in [-0.25, -0.2) is 4.98 Å². The Balaban J connectivity index is 1.82. The summed E-state index contributed by atoms with van der Waals surface area (Å²) in [4.78, 5) is 4.33. The molecule has 0 amide bonds. The van der Waals surface area contributed by atoms with Gasteiger partial charge in [-0.2, -0.15) is 0 Å². The van der Waals surface area contributed by atoms with E-state index in [1.165, 1.54) is 32.4 Å². The predicted molar refractivity (Wildman–Crippen MR) is 60.0 cm³/mol. The van der Waals surface area contributed by atoms with Crippen molar-refractivity contribution in [1.29, 1.82) is 0 Å². The fraction of sp³-hybridized carbons (Fsp3) is 0.727. The van der Waals surface area contributed by atoms with E-state index < -0.39 is 0 Å². The highest BCUT2D eigenvalue weighted by Gasteiger charge is 2.28. The van der Waals surface area contributed by atoms with Gasteiger partial charge < -0.3 is 15.2 Å². The van der Waals surface area contributed by atoms with E-state index in [0.717, 1.165) is 18.4 Å². The van der Waals surface area contributed by atoms with Gasteiger partial charge in [0.1, 0.15) is 0 Å². The van der Waals surface area contributed by atoms with Gasteiger partial charge in [0.25, 0.3) is 0 Å². The maximum Gasteiger partial charge on any atom is 0.203 e. The number of aromatic nitrogens is 2. The van der Waals surface area contributed by atoms with E-state index in [0.29, 0.717) is 6.04 Å². The van der Waals surface area contributed by atoms with Crippen molar-refractivity contribution in [3.63, 3.8) is 0 Å². The minimum absolute atomic E-state index is 0.650. The third-order valence-electron chi connectivity index (χ3n) is 3.63. The molecule has 0 aromatic carbocycles. The van der Waals surface area contributed by atoms with E-state index in [4.69, 9.17) is 0 Å². The van der Waals surface area contributed by atoms with Crippen LogP contribution in [-0.2, 0) is 0 Å². The number of piperidine rings is 1. The van der Waals surface area contributed by atoms with E-state index in [2.05, 4.69) is 26.4 Å². The molecule has 4 heteroatoms. The molecule has 0 bridgehead atoms. The molecule has 1 aromatic rings. The fourth-order valence-electron chi connectivity index (χ4n) is 2.86. The summed E-state index contributed by atoms with van der Waals surface area (Å²) < 4.78 is 2.32. The topological polar surface area (TPSA) is 41.9 Å². The Labute approximate surface area is 90.1 Å². The highest BCUT2D eigenvalue weighted by atomic mass is 15.2. The van der Waals surface area contributed by atoms with Crippen LogP contribution >= 0.6 is 0 Å². The number of imidazole rings is 1. The zero-order valence-electron chi connectivity index (χ0n) is 8.95. The molecular formula is C11H18N4. The lowest BCUT2D eigenvalue weighted by Gasteiger charge is -2.35. The highest BCUT2D eigenvalue weighted by Crippen LogP contribution is 2.32. The fourth-order valence-corrected chi connectivity index (χ4v) is 2.86. The Kier molecular flexibility index (Phi) is 2.37. The van der Waals surface area contributed by atoms with Gasteiger partial charge >= 0.3 is 0 Å². The van der Waals surface area contributed by atoms with Gasteiger partial charge in [-0.15, -0.1) is 0 Å². The van der Waals surface area contributed by atoms with Crippen molar-refractivity contribution in [2.24, 2.45) is 5.92 Å². The van der Waals surface area contributed by atoms with Crippen molar-refractivity contribution >= 4 is 5.95 Å². The monoisotopic (exact) mass is 206 g/mol. The molecule has 1 saturated heterocycles. The normalized spacial score (nSPS) is 30.7. The molecule has 2 unspecified atom stereocenters. The van der Waals surface area contributed by atoms with Crippen LogP contribution in [0.4, 0.5) is 5.95 Å². The summed E-state index contributed by atoms with van der Waals surface area (Å²) in [5.41, 5.74) is 0. The van der Waals surface area contributed by atoms with Crippen LogP contribution in [0.5, 0.6) is 0 Å².